The van der Waals surface area contributed by atoms with Gasteiger partial charge in [0.05, 0.1) is 6.20 Å². The lowest BCUT2D eigenvalue weighted by Gasteiger charge is -1.98. The average Bonchev–Trinajstić information content (AvgIpc) is 2.30. The predicted molar refractivity (Wildman–Crippen MR) is 42.2 cm³/mol. The molecule has 1 unspecified atom stereocenters. The summed E-state index contributed by atoms with van der Waals surface area (Å²) in [4.78, 5) is 0. The van der Waals surface area contributed by atoms with Gasteiger partial charge in [-0.25, -0.2) is 0 Å². The van der Waals surface area contributed by atoms with E-state index in [2.05, 4.69) is 5.10 Å². The second-order valence-electron chi connectivity index (χ2n) is 2.54. The maximum atomic E-state index is 9.27. The molecule has 0 radical (unpaired) electrons. The molecule has 0 bridgehead atoms. The minimum absolute atomic E-state index is 0.182. The van der Waals surface area contributed by atoms with Gasteiger partial charge in [0.1, 0.15) is 5.69 Å². The highest BCUT2D eigenvalue weighted by atomic mass is 16.3. The van der Waals surface area contributed by atoms with Gasteiger partial charge in [0, 0.05) is 12.6 Å². The molecule has 1 aromatic rings. The molecule has 0 fully saturated rings. The summed E-state index contributed by atoms with van der Waals surface area (Å²) in [6, 6.07) is -0.206. The number of hydrogen-bond acceptors (Lipinski definition) is 3. The Balaban J connectivity index is 2.97. The van der Waals surface area contributed by atoms with Crippen LogP contribution >= 0.6 is 0 Å². The van der Waals surface area contributed by atoms with Crippen LogP contribution in [0.1, 0.15) is 25.6 Å². The molecule has 0 saturated carbocycles. The van der Waals surface area contributed by atoms with E-state index < -0.39 is 0 Å². The summed E-state index contributed by atoms with van der Waals surface area (Å²) in [5.41, 5.74) is 6.11. The number of aromatic hydroxyl groups is 1. The SMILES string of the molecule is CCn1cc(O)c(C(C)N)n1. The summed E-state index contributed by atoms with van der Waals surface area (Å²) in [5, 5.41) is 13.3. The van der Waals surface area contributed by atoms with Gasteiger partial charge >= 0.3 is 0 Å². The number of nitrogens with two attached hydrogens (primary N) is 1. The van der Waals surface area contributed by atoms with Crippen LogP contribution < -0.4 is 5.73 Å². The van der Waals surface area contributed by atoms with E-state index in [-0.39, 0.29) is 11.8 Å². The molecule has 3 N–H and O–H groups in total. The third-order valence-electron chi connectivity index (χ3n) is 1.53. The van der Waals surface area contributed by atoms with Crippen LogP contribution in [0.5, 0.6) is 5.75 Å². The first-order chi connectivity index (χ1) is 5.15. The second-order valence-corrected chi connectivity index (χ2v) is 2.54. The van der Waals surface area contributed by atoms with Crippen LogP contribution in [0.3, 0.4) is 0 Å². The summed E-state index contributed by atoms with van der Waals surface area (Å²) in [7, 11) is 0. The van der Waals surface area contributed by atoms with Gasteiger partial charge in [-0.3, -0.25) is 4.68 Å². The van der Waals surface area contributed by atoms with E-state index >= 15 is 0 Å². The van der Waals surface area contributed by atoms with Gasteiger partial charge in [0.15, 0.2) is 5.75 Å². The molecule has 4 nitrogen and oxygen atoms in total. The monoisotopic (exact) mass is 155 g/mol. The molecule has 0 aliphatic carbocycles. The van der Waals surface area contributed by atoms with Gasteiger partial charge in [-0.15, -0.1) is 0 Å². The van der Waals surface area contributed by atoms with E-state index in [0.717, 1.165) is 6.54 Å². The fraction of sp³-hybridized carbons (Fsp3) is 0.571. The first-order valence-corrected chi connectivity index (χ1v) is 3.67. The van der Waals surface area contributed by atoms with E-state index in [0.29, 0.717) is 5.69 Å². The summed E-state index contributed by atoms with van der Waals surface area (Å²) < 4.78 is 1.66. The predicted octanol–water partition coefficient (Wildman–Crippen LogP) is 0.628. The number of nitrogens with zero attached hydrogens (tertiary/aromatic N) is 2. The largest absolute Gasteiger partial charge is 0.504 e. The van der Waals surface area contributed by atoms with Crippen molar-refractivity contribution in [1.29, 1.82) is 0 Å². The van der Waals surface area contributed by atoms with Gasteiger partial charge in [-0.05, 0) is 13.8 Å². The second kappa shape index (κ2) is 2.92. The summed E-state index contributed by atoms with van der Waals surface area (Å²) in [6.45, 7) is 4.50. The molecular weight excluding hydrogens is 142 g/mol. The lowest BCUT2D eigenvalue weighted by atomic mass is 10.2. The van der Waals surface area contributed by atoms with Crippen molar-refractivity contribution in [2.45, 2.75) is 26.4 Å². The zero-order valence-electron chi connectivity index (χ0n) is 6.78. The molecular formula is C7H13N3O. The van der Waals surface area contributed by atoms with Gasteiger partial charge in [-0.2, -0.15) is 5.10 Å². The molecule has 0 saturated heterocycles. The minimum atomic E-state index is -0.206. The van der Waals surface area contributed by atoms with E-state index in [4.69, 9.17) is 5.73 Å². The summed E-state index contributed by atoms with van der Waals surface area (Å²) in [5.74, 6) is 0.182. The number of aryl methyl sites for hydroxylation is 1. The maximum absolute atomic E-state index is 9.27. The summed E-state index contributed by atoms with van der Waals surface area (Å²) in [6.07, 6.45) is 1.58. The molecule has 0 spiro atoms. The Bertz CT molecular complexity index is 242. The van der Waals surface area contributed by atoms with Crippen LogP contribution in [0, 0.1) is 0 Å². The highest BCUT2D eigenvalue weighted by Crippen LogP contribution is 2.19. The highest BCUT2D eigenvalue weighted by molar-refractivity contribution is 5.24. The third kappa shape index (κ3) is 1.51. The topological polar surface area (TPSA) is 64.1 Å². The highest BCUT2D eigenvalue weighted by Gasteiger charge is 2.10. The lowest BCUT2D eigenvalue weighted by molar-refractivity contribution is 0.463. The van der Waals surface area contributed by atoms with Crippen molar-refractivity contribution in [2.24, 2.45) is 5.73 Å². The standard InChI is InChI=1S/C7H13N3O/c1-3-10-4-6(11)7(9-10)5(2)8/h4-5,11H,3,8H2,1-2H3. The van der Waals surface area contributed by atoms with Crippen LogP contribution in [0.2, 0.25) is 0 Å². The zero-order valence-corrected chi connectivity index (χ0v) is 6.78. The van der Waals surface area contributed by atoms with Gasteiger partial charge in [-0.1, -0.05) is 0 Å². The van der Waals surface area contributed by atoms with Crippen molar-refractivity contribution < 1.29 is 5.11 Å². The number of aromatic nitrogens is 2. The van der Waals surface area contributed by atoms with E-state index in [9.17, 15) is 5.11 Å². The third-order valence-corrected chi connectivity index (χ3v) is 1.53. The fourth-order valence-electron chi connectivity index (χ4n) is 0.912. The first kappa shape index (κ1) is 8.07. The Morgan fingerprint density at radius 1 is 1.82 bits per heavy atom. The van der Waals surface area contributed by atoms with Crippen LogP contribution in [0.25, 0.3) is 0 Å². The Morgan fingerprint density at radius 2 is 2.45 bits per heavy atom. The Morgan fingerprint density at radius 3 is 2.73 bits per heavy atom. The Hall–Kier alpha value is -1.03. The fourth-order valence-corrected chi connectivity index (χ4v) is 0.912. The van der Waals surface area contributed by atoms with E-state index in [1.165, 1.54) is 0 Å². The van der Waals surface area contributed by atoms with Crippen LogP contribution in [-0.4, -0.2) is 14.9 Å². The Labute approximate surface area is 65.6 Å². The first-order valence-electron chi connectivity index (χ1n) is 3.67. The normalized spacial score (nSPS) is 13.4. The average molecular weight is 155 g/mol. The molecule has 0 aliphatic rings. The van der Waals surface area contributed by atoms with Crippen LogP contribution in [0.4, 0.5) is 0 Å². The van der Waals surface area contributed by atoms with Crippen molar-refractivity contribution >= 4 is 0 Å². The van der Waals surface area contributed by atoms with E-state index in [1.807, 2.05) is 6.92 Å². The molecule has 1 heterocycles. The molecule has 0 aromatic carbocycles. The van der Waals surface area contributed by atoms with Crippen LogP contribution in [0.15, 0.2) is 6.20 Å². The number of hydrogen-bond donors (Lipinski definition) is 2. The van der Waals surface area contributed by atoms with Crippen molar-refractivity contribution in [3.8, 4) is 5.75 Å². The molecule has 11 heavy (non-hydrogen) atoms. The quantitative estimate of drug-likeness (QED) is 0.658. The van der Waals surface area contributed by atoms with Crippen molar-refractivity contribution in [2.75, 3.05) is 0 Å². The zero-order chi connectivity index (χ0) is 8.43. The van der Waals surface area contributed by atoms with Gasteiger partial charge in [0.25, 0.3) is 0 Å². The van der Waals surface area contributed by atoms with Crippen molar-refractivity contribution in [1.82, 2.24) is 9.78 Å². The molecule has 1 aromatic heterocycles. The van der Waals surface area contributed by atoms with Crippen LogP contribution in [-0.2, 0) is 6.54 Å². The summed E-state index contributed by atoms with van der Waals surface area (Å²) >= 11 is 0. The molecule has 1 rings (SSSR count). The lowest BCUT2D eigenvalue weighted by Crippen LogP contribution is -2.07. The molecule has 4 heteroatoms. The maximum Gasteiger partial charge on any atom is 0.158 e. The smallest absolute Gasteiger partial charge is 0.158 e. The molecule has 0 amide bonds. The van der Waals surface area contributed by atoms with Crippen molar-refractivity contribution in [3.63, 3.8) is 0 Å². The van der Waals surface area contributed by atoms with E-state index in [1.54, 1.807) is 17.8 Å². The molecule has 62 valence electrons. The minimum Gasteiger partial charge on any atom is -0.504 e. The van der Waals surface area contributed by atoms with Gasteiger partial charge < -0.3 is 10.8 Å². The van der Waals surface area contributed by atoms with Crippen molar-refractivity contribution in [3.05, 3.63) is 11.9 Å². The molecule has 1 atom stereocenters. The molecule has 0 aliphatic heterocycles. The number of rotatable bonds is 2. The Kier molecular flexibility index (Phi) is 2.14. The van der Waals surface area contributed by atoms with Gasteiger partial charge in [0.2, 0.25) is 0 Å².